The van der Waals surface area contributed by atoms with Crippen LogP contribution >= 0.6 is 0 Å². The summed E-state index contributed by atoms with van der Waals surface area (Å²) in [5, 5.41) is 9.18. The number of quaternary nitrogens is 1. The van der Waals surface area contributed by atoms with E-state index in [1.807, 2.05) is 6.20 Å². The van der Waals surface area contributed by atoms with Crippen molar-refractivity contribution >= 4 is 11.8 Å². The summed E-state index contributed by atoms with van der Waals surface area (Å²) in [7, 11) is 0. The summed E-state index contributed by atoms with van der Waals surface area (Å²) < 4.78 is 0.291. The Balaban J connectivity index is 2.26. The molecule has 1 aliphatic rings. The molecule has 3 N–H and O–H groups in total. The second-order valence-corrected chi connectivity index (χ2v) is 6.51. The van der Waals surface area contributed by atoms with Crippen LogP contribution in [0.3, 0.4) is 0 Å². The monoisotopic (exact) mass is 336 g/mol. The highest BCUT2D eigenvalue weighted by molar-refractivity contribution is 5.81. The topological polar surface area (TPSA) is 75.7 Å². The van der Waals surface area contributed by atoms with Crippen molar-refractivity contribution in [1.82, 2.24) is 0 Å². The molecule has 1 aliphatic heterocycles. The van der Waals surface area contributed by atoms with Crippen LogP contribution in [0.1, 0.15) is 64.7 Å². The first kappa shape index (κ1) is 20.6. The van der Waals surface area contributed by atoms with Crippen molar-refractivity contribution in [2.75, 3.05) is 19.6 Å². The number of amidine groups is 1. The normalized spacial score (nSPS) is 20.0. The number of carboxylic acids is 1. The van der Waals surface area contributed by atoms with Crippen LogP contribution in [0, 0.1) is 0 Å². The van der Waals surface area contributed by atoms with Gasteiger partial charge in [0.25, 0.3) is 0 Å². The molecule has 5 heteroatoms. The summed E-state index contributed by atoms with van der Waals surface area (Å²) in [5.74, 6) is 0.125. The zero-order valence-corrected chi connectivity index (χ0v) is 15.1. The van der Waals surface area contributed by atoms with Crippen LogP contribution in [0.4, 0.5) is 0 Å². The van der Waals surface area contributed by atoms with Gasteiger partial charge in [0.1, 0.15) is 12.7 Å². The maximum Gasteiger partial charge on any atom is 0.360 e. The molecule has 0 saturated carbocycles. The van der Waals surface area contributed by atoms with E-state index in [0.717, 1.165) is 31.5 Å². The second kappa shape index (κ2) is 12.0. The van der Waals surface area contributed by atoms with Crippen LogP contribution in [0.5, 0.6) is 0 Å². The number of unbranched alkanes of at least 4 members (excludes halogenated alkanes) is 6. The first-order chi connectivity index (χ1) is 11.6. The van der Waals surface area contributed by atoms with E-state index in [4.69, 9.17) is 5.73 Å². The van der Waals surface area contributed by atoms with E-state index in [1.54, 1.807) is 6.20 Å². The van der Waals surface area contributed by atoms with Gasteiger partial charge in [0, 0.05) is 13.0 Å². The molecule has 0 saturated heterocycles. The highest BCUT2D eigenvalue weighted by Gasteiger charge is 2.36. The Morgan fingerprint density at radius 3 is 2.54 bits per heavy atom. The predicted octanol–water partition coefficient (Wildman–Crippen LogP) is 3.82. The minimum Gasteiger partial charge on any atom is -0.477 e. The third-order valence-corrected chi connectivity index (χ3v) is 4.45. The van der Waals surface area contributed by atoms with Gasteiger partial charge in [-0.25, -0.2) is 14.3 Å². The van der Waals surface area contributed by atoms with Crippen molar-refractivity contribution < 1.29 is 14.4 Å². The molecule has 0 fully saturated rings. The molecule has 5 nitrogen and oxygen atoms in total. The molecule has 1 heterocycles. The van der Waals surface area contributed by atoms with Gasteiger partial charge in [0.05, 0.1) is 6.20 Å². The minimum atomic E-state index is -0.811. The van der Waals surface area contributed by atoms with Crippen LogP contribution in [0.15, 0.2) is 29.5 Å². The Morgan fingerprint density at radius 2 is 1.92 bits per heavy atom. The summed E-state index contributed by atoms with van der Waals surface area (Å²) in [6.45, 7) is 3.32. The third kappa shape index (κ3) is 7.41. The van der Waals surface area contributed by atoms with Crippen LogP contribution in [0.25, 0.3) is 0 Å². The van der Waals surface area contributed by atoms with Gasteiger partial charge in [0.15, 0.2) is 6.54 Å². The van der Waals surface area contributed by atoms with Gasteiger partial charge in [-0.05, 0) is 32.1 Å². The number of aliphatic carboxylic acids is 1. The SMILES string of the molecule is CCCCCC/C=C/CCCCC1=NC=C[N+]1(CCN)CC(=O)O. The Hall–Kier alpha value is -1.46. The fourth-order valence-corrected chi connectivity index (χ4v) is 3.10. The van der Waals surface area contributed by atoms with Crippen molar-refractivity contribution in [3.05, 3.63) is 24.6 Å². The van der Waals surface area contributed by atoms with E-state index < -0.39 is 5.97 Å². The second-order valence-electron chi connectivity index (χ2n) is 6.51. The molecule has 0 radical (unpaired) electrons. The largest absolute Gasteiger partial charge is 0.477 e. The molecule has 0 spiro atoms. The third-order valence-electron chi connectivity index (χ3n) is 4.45. The lowest BCUT2D eigenvalue weighted by Gasteiger charge is -2.30. The molecule has 0 aromatic heterocycles. The highest BCUT2D eigenvalue weighted by atomic mass is 16.4. The summed E-state index contributed by atoms with van der Waals surface area (Å²) in [5.41, 5.74) is 5.68. The smallest absolute Gasteiger partial charge is 0.360 e. The molecule has 0 aliphatic carbocycles. The van der Waals surface area contributed by atoms with Crippen LogP contribution in [-0.2, 0) is 4.79 Å². The fraction of sp³-hybridized carbons (Fsp3) is 0.684. The van der Waals surface area contributed by atoms with E-state index >= 15 is 0 Å². The zero-order chi connectivity index (χ0) is 17.7. The van der Waals surface area contributed by atoms with Gasteiger partial charge >= 0.3 is 5.97 Å². The molecule has 1 rings (SSSR count). The van der Waals surface area contributed by atoms with Crippen molar-refractivity contribution in [2.24, 2.45) is 10.7 Å². The summed E-state index contributed by atoms with van der Waals surface area (Å²) in [6.07, 6.45) is 18.7. The maximum absolute atomic E-state index is 11.2. The van der Waals surface area contributed by atoms with Gasteiger partial charge in [-0.3, -0.25) is 0 Å². The molecule has 136 valence electrons. The molecule has 0 amide bonds. The van der Waals surface area contributed by atoms with Gasteiger partial charge < -0.3 is 10.8 Å². The number of nitrogens with zero attached hydrogens (tertiary/aromatic N) is 2. The molecular weight excluding hydrogens is 302 g/mol. The quantitative estimate of drug-likeness (QED) is 0.288. The number of aliphatic imine (C=N–C) groups is 1. The summed E-state index contributed by atoms with van der Waals surface area (Å²) in [4.78, 5) is 15.6. The molecule has 24 heavy (non-hydrogen) atoms. The summed E-state index contributed by atoms with van der Waals surface area (Å²) in [6, 6.07) is 0. The number of rotatable bonds is 14. The van der Waals surface area contributed by atoms with Gasteiger partial charge in [-0.1, -0.05) is 38.3 Å². The van der Waals surface area contributed by atoms with Crippen molar-refractivity contribution in [2.45, 2.75) is 64.7 Å². The number of hydrogen-bond donors (Lipinski definition) is 2. The van der Waals surface area contributed by atoms with Crippen LogP contribution in [0.2, 0.25) is 0 Å². The number of hydrogen-bond acceptors (Lipinski definition) is 3. The van der Waals surface area contributed by atoms with Crippen molar-refractivity contribution in [3.63, 3.8) is 0 Å². The number of carbonyl (C=O) groups is 1. The Morgan fingerprint density at radius 1 is 1.21 bits per heavy atom. The average Bonchev–Trinajstić information content (AvgIpc) is 2.91. The number of carboxylic acid groups (broad SMARTS) is 1. The zero-order valence-electron chi connectivity index (χ0n) is 15.1. The maximum atomic E-state index is 11.2. The predicted molar refractivity (Wildman–Crippen MR) is 99.6 cm³/mol. The van der Waals surface area contributed by atoms with Gasteiger partial charge in [-0.2, -0.15) is 0 Å². The standard InChI is InChI=1S/C19H33N3O2/c1-2-3-4-5-6-7-8-9-10-11-12-18-21-14-16-22(18,15-13-20)17-19(23)24/h7-8,14,16H,2-6,9-13,15,17,20H2,1H3/p+1/b8-7+. The van der Waals surface area contributed by atoms with E-state index in [9.17, 15) is 9.90 Å². The van der Waals surface area contributed by atoms with Crippen molar-refractivity contribution in [1.29, 1.82) is 0 Å². The molecule has 0 aromatic rings. The molecular formula is C19H34N3O2+. The van der Waals surface area contributed by atoms with Crippen LogP contribution in [-0.4, -0.2) is 41.0 Å². The lowest BCUT2D eigenvalue weighted by Crippen LogP contribution is -2.52. The molecule has 1 unspecified atom stereocenters. The molecule has 1 atom stereocenters. The van der Waals surface area contributed by atoms with Crippen LogP contribution < -0.4 is 5.73 Å². The van der Waals surface area contributed by atoms with E-state index in [2.05, 4.69) is 24.1 Å². The first-order valence-electron chi connectivity index (χ1n) is 9.33. The molecule has 0 bridgehead atoms. The first-order valence-corrected chi connectivity index (χ1v) is 9.33. The van der Waals surface area contributed by atoms with E-state index in [1.165, 1.54) is 32.1 Å². The van der Waals surface area contributed by atoms with Gasteiger partial charge in [0.2, 0.25) is 5.84 Å². The number of allylic oxidation sites excluding steroid dienone is 2. The molecule has 0 aromatic carbocycles. The summed E-state index contributed by atoms with van der Waals surface area (Å²) >= 11 is 0. The highest BCUT2D eigenvalue weighted by Crippen LogP contribution is 2.20. The van der Waals surface area contributed by atoms with Crippen molar-refractivity contribution in [3.8, 4) is 0 Å². The Kier molecular flexibility index (Phi) is 10.3. The Labute approximate surface area is 146 Å². The van der Waals surface area contributed by atoms with E-state index in [-0.39, 0.29) is 6.54 Å². The fourth-order valence-electron chi connectivity index (χ4n) is 3.10. The Bertz CT molecular complexity index is 458. The average molecular weight is 337 g/mol. The lowest BCUT2D eigenvalue weighted by atomic mass is 10.1. The number of nitrogens with two attached hydrogens (primary N) is 1. The van der Waals surface area contributed by atoms with Gasteiger partial charge in [-0.15, -0.1) is 0 Å². The lowest BCUT2D eigenvalue weighted by molar-refractivity contribution is -0.778. The van der Waals surface area contributed by atoms with E-state index in [0.29, 0.717) is 17.6 Å². The minimum absolute atomic E-state index is 0.0319.